The summed E-state index contributed by atoms with van der Waals surface area (Å²) in [7, 11) is 0. The second-order valence-electron chi connectivity index (χ2n) is 5.58. The Hall–Kier alpha value is -3.15. The number of anilines is 1. The lowest BCUT2D eigenvalue weighted by Crippen LogP contribution is -2.08. The molecular weight excluding hydrogens is 300 g/mol. The summed E-state index contributed by atoms with van der Waals surface area (Å²) in [6.45, 7) is 1.79. The van der Waals surface area contributed by atoms with Gasteiger partial charge in [0.05, 0.1) is 18.2 Å². The normalized spacial score (nSPS) is 11.0. The van der Waals surface area contributed by atoms with E-state index in [-0.39, 0.29) is 0 Å². The van der Waals surface area contributed by atoms with Gasteiger partial charge in [-0.1, -0.05) is 30.3 Å². The van der Waals surface area contributed by atoms with Crippen LogP contribution in [0.5, 0.6) is 0 Å². The number of rotatable bonds is 6. The van der Waals surface area contributed by atoms with Crippen molar-refractivity contribution >= 4 is 11.5 Å². The van der Waals surface area contributed by atoms with Crippen molar-refractivity contribution < 1.29 is 0 Å². The Kier molecular flexibility index (Phi) is 3.93. The summed E-state index contributed by atoms with van der Waals surface area (Å²) in [5.41, 5.74) is 2.94. The van der Waals surface area contributed by atoms with Crippen LogP contribution in [0.15, 0.2) is 67.4 Å². The monoisotopic (exact) mass is 318 g/mol. The highest BCUT2D eigenvalue weighted by molar-refractivity contribution is 5.63. The lowest BCUT2D eigenvalue weighted by atomic mass is 10.2. The van der Waals surface area contributed by atoms with Crippen molar-refractivity contribution in [2.45, 2.75) is 13.0 Å². The number of nitrogens with one attached hydrogen (secondary N) is 1. The molecule has 0 atom stereocenters. The van der Waals surface area contributed by atoms with Crippen LogP contribution in [0.25, 0.3) is 16.9 Å². The summed E-state index contributed by atoms with van der Waals surface area (Å²) < 4.78 is 3.95. The minimum atomic E-state index is 0.845. The van der Waals surface area contributed by atoms with Crippen LogP contribution in [0, 0.1) is 0 Å². The molecule has 24 heavy (non-hydrogen) atoms. The van der Waals surface area contributed by atoms with E-state index in [2.05, 4.69) is 37.1 Å². The molecule has 0 aliphatic rings. The molecule has 1 N–H and O–H groups in total. The zero-order valence-electron chi connectivity index (χ0n) is 13.2. The average molecular weight is 318 g/mol. The largest absolute Gasteiger partial charge is 0.369 e. The third-order valence-electron chi connectivity index (χ3n) is 3.89. The van der Waals surface area contributed by atoms with E-state index in [1.807, 2.05) is 53.6 Å². The molecule has 0 radical (unpaired) electrons. The van der Waals surface area contributed by atoms with Gasteiger partial charge >= 0.3 is 0 Å². The molecule has 0 amide bonds. The number of hydrogen-bond acceptors (Lipinski definition) is 4. The molecule has 120 valence electrons. The Balaban J connectivity index is 1.48. The summed E-state index contributed by atoms with van der Waals surface area (Å²) in [4.78, 5) is 8.47. The molecule has 0 bridgehead atoms. The van der Waals surface area contributed by atoms with Crippen LogP contribution in [-0.2, 0) is 6.54 Å². The summed E-state index contributed by atoms with van der Waals surface area (Å²) in [5.74, 6) is 0.850. The van der Waals surface area contributed by atoms with E-state index in [9.17, 15) is 0 Å². The Morgan fingerprint density at radius 2 is 1.96 bits per heavy atom. The molecule has 0 fully saturated rings. The van der Waals surface area contributed by atoms with Crippen molar-refractivity contribution in [3.05, 3.63) is 67.4 Å². The Morgan fingerprint density at radius 1 is 1.04 bits per heavy atom. The maximum absolute atomic E-state index is 4.67. The molecule has 3 heterocycles. The van der Waals surface area contributed by atoms with Crippen LogP contribution < -0.4 is 5.32 Å². The molecule has 6 nitrogen and oxygen atoms in total. The fourth-order valence-electron chi connectivity index (χ4n) is 2.67. The quantitative estimate of drug-likeness (QED) is 0.555. The van der Waals surface area contributed by atoms with Gasteiger partial charge in [0.15, 0.2) is 5.65 Å². The minimum absolute atomic E-state index is 0.845. The average Bonchev–Trinajstić information content (AvgIpc) is 3.29. The van der Waals surface area contributed by atoms with Crippen LogP contribution in [0.2, 0.25) is 0 Å². The molecule has 6 heteroatoms. The molecule has 1 aromatic carbocycles. The van der Waals surface area contributed by atoms with Crippen molar-refractivity contribution in [3.8, 4) is 11.3 Å². The lowest BCUT2D eigenvalue weighted by molar-refractivity contribution is 0.659. The van der Waals surface area contributed by atoms with Gasteiger partial charge in [0.1, 0.15) is 5.82 Å². The van der Waals surface area contributed by atoms with E-state index in [0.717, 1.165) is 42.2 Å². The van der Waals surface area contributed by atoms with Crippen molar-refractivity contribution in [1.82, 2.24) is 24.1 Å². The predicted molar refractivity (Wildman–Crippen MR) is 93.8 cm³/mol. The highest BCUT2D eigenvalue weighted by atomic mass is 15.3. The second-order valence-corrected chi connectivity index (χ2v) is 5.58. The Bertz CT molecular complexity index is 911. The number of imidazole rings is 2. The molecular formula is C18H18N6. The standard InChI is InChI=1S/C18H18N6/c1-2-5-15(6-3-1)16-13-21-18-8-7-17(22-24(16)18)20-9-4-11-23-12-10-19-14-23/h1-3,5-8,10,12-14H,4,9,11H2,(H,20,22). The van der Waals surface area contributed by atoms with Crippen LogP contribution >= 0.6 is 0 Å². The van der Waals surface area contributed by atoms with Gasteiger partial charge in [-0.15, -0.1) is 5.10 Å². The van der Waals surface area contributed by atoms with Crippen molar-refractivity contribution in [2.75, 3.05) is 11.9 Å². The number of nitrogens with zero attached hydrogens (tertiary/aromatic N) is 5. The van der Waals surface area contributed by atoms with Crippen LogP contribution in [-0.4, -0.2) is 30.7 Å². The first-order chi connectivity index (χ1) is 11.9. The van der Waals surface area contributed by atoms with E-state index in [1.54, 1.807) is 6.20 Å². The smallest absolute Gasteiger partial charge is 0.154 e. The Labute approximate surface area is 139 Å². The van der Waals surface area contributed by atoms with E-state index in [1.165, 1.54) is 0 Å². The highest BCUT2D eigenvalue weighted by Gasteiger charge is 2.07. The summed E-state index contributed by atoms with van der Waals surface area (Å²) >= 11 is 0. The molecule has 0 unspecified atom stereocenters. The molecule has 4 rings (SSSR count). The SMILES string of the molecule is c1ccc(-c2cnc3ccc(NCCCn4ccnc4)nn23)cc1. The zero-order valence-corrected chi connectivity index (χ0v) is 13.2. The number of hydrogen-bond donors (Lipinski definition) is 1. The highest BCUT2D eigenvalue weighted by Crippen LogP contribution is 2.20. The number of aryl methyl sites for hydroxylation is 1. The first-order valence-corrected chi connectivity index (χ1v) is 8.00. The van der Waals surface area contributed by atoms with E-state index in [0.29, 0.717) is 0 Å². The summed E-state index contributed by atoms with van der Waals surface area (Å²) in [5, 5.41) is 8.04. The molecule has 0 aliphatic carbocycles. The van der Waals surface area contributed by atoms with Crippen LogP contribution in [0.3, 0.4) is 0 Å². The van der Waals surface area contributed by atoms with Gasteiger partial charge < -0.3 is 9.88 Å². The van der Waals surface area contributed by atoms with Gasteiger partial charge in [-0.3, -0.25) is 0 Å². The van der Waals surface area contributed by atoms with Gasteiger partial charge in [-0.05, 0) is 18.6 Å². The predicted octanol–water partition coefficient (Wildman–Crippen LogP) is 3.10. The van der Waals surface area contributed by atoms with E-state index < -0.39 is 0 Å². The lowest BCUT2D eigenvalue weighted by Gasteiger charge is -2.07. The van der Waals surface area contributed by atoms with E-state index in [4.69, 9.17) is 0 Å². The first-order valence-electron chi connectivity index (χ1n) is 8.00. The maximum Gasteiger partial charge on any atom is 0.154 e. The van der Waals surface area contributed by atoms with Gasteiger partial charge in [0.25, 0.3) is 0 Å². The van der Waals surface area contributed by atoms with E-state index >= 15 is 0 Å². The fraction of sp³-hybridized carbons (Fsp3) is 0.167. The maximum atomic E-state index is 4.67. The third kappa shape index (κ3) is 2.99. The number of aromatic nitrogens is 5. The molecule has 0 spiro atoms. The topological polar surface area (TPSA) is 60.0 Å². The van der Waals surface area contributed by atoms with Gasteiger partial charge in [0.2, 0.25) is 0 Å². The number of fused-ring (bicyclic) bond motifs is 1. The summed E-state index contributed by atoms with van der Waals surface area (Å²) in [6, 6.07) is 14.1. The van der Waals surface area contributed by atoms with Crippen LogP contribution in [0.4, 0.5) is 5.82 Å². The second kappa shape index (κ2) is 6.54. The van der Waals surface area contributed by atoms with Crippen molar-refractivity contribution in [2.24, 2.45) is 0 Å². The van der Waals surface area contributed by atoms with Gasteiger partial charge in [-0.2, -0.15) is 0 Å². The minimum Gasteiger partial charge on any atom is -0.369 e. The molecule has 0 saturated carbocycles. The Morgan fingerprint density at radius 3 is 2.79 bits per heavy atom. The molecule has 0 aliphatic heterocycles. The fourth-order valence-corrected chi connectivity index (χ4v) is 2.67. The molecule has 3 aromatic heterocycles. The van der Waals surface area contributed by atoms with Crippen LogP contribution in [0.1, 0.15) is 6.42 Å². The van der Waals surface area contributed by atoms with Crippen molar-refractivity contribution in [3.63, 3.8) is 0 Å². The van der Waals surface area contributed by atoms with Gasteiger partial charge in [-0.25, -0.2) is 14.5 Å². The van der Waals surface area contributed by atoms with Crippen molar-refractivity contribution in [1.29, 1.82) is 0 Å². The zero-order chi connectivity index (χ0) is 16.2. The number of benzene rings is 1. The first kappa shape index (κ1) is 14.4. The molecule has 0 saturated heterocycles. The molecule has 4 aromatic rings. The summed E-state index contributed by atoms with van der Waals surface area (Å²) in [6.07, 6.45) is 8.48. The third-order valence-corrected chi connectivity index (χ3v) is 3.89. The van der Waals surface area contributed by atoms with Gasteiger partial charge in [0, 0.05) is 31.0 Å².